The van der Waals surface area contributed by atoms with Crippen LogP contribution in [0, 0.1) is 11.6 Å². The van der Waals surface area contributed by atoms with E-state index in [0.29, 0.717) is 55.1 Å². The van der Waals surface area contributed by atoms with Crippen LogP contribution in [-0.2, 0) is 17.8 Å². The molecule has 6 rings (SSSR count). The lowest BCUT2D eigenvalue weighted by molar-refractivity contribution is 0.0336. The van der Waals surface area contributed by atoms with Gasteiger partial charge in [-0.15, -0.1) is 0 Å². The summed E-state index contributed by atoms with van der Waals surface area (Å²) in [6.45, 7) is 5.44. The van der Waals surface area contributed by atoms with Crippen molar-refractivity contribution in [1.29, 1.82) is 0 Å². The molecule has 0 unspecified atom stereocenters. The van der Waals surface area contributed by atoms with Crippen molar-refractivity contribution in [1.82, 2.24) is 29.6 Å². The molecule has 1 saturated heterocycles. The summed E-state index contributed by atoms with van der Waals surface area (Å²) < 4.78 is 47.7. The zero-order valence-corrected chi connectivity index (χ0v) is 23.9. The van der Waals surface area contributed by atoms with Crippen LogP contribution in [0.4, 0.5) is 20.3 Å². The maximum atomic E-state index is 15.0. The first-order chi connectivity index (χ1) is 21.0. The minimum Gasteiger partial charge on any atom is -0.494 e. The van der Waals surface area contributed by atoms with Crippen molar-refractivity contribution in [2.75, 3.05) is 45.3 Å². The van der Waals surface area contributed by atoms with Crippen LogP contribution >= 0.6 is 0 Å². The molecule has 0 radical (unpaired) electrons. The molecule has 1 aliphatic heterocycles. The smallest absolute Gasteiger partial charge is 0.214 e. The van der Waals surface area contributed by atoms with Crippen molar-refractivity contribution < 1.29 is 23.0 Å². The molecular formula is C31H31F2N7O3. The summed E-state index contributed by atoms with van der Waals surface area (Å²) in [6.07, 6.45) is 1.65. The van der Waals surface area contributed by atoms with Crippen molar-refractivity contribution in [2.45, 2.75) is 20.0 Å². The number of pyridine rings is 1. The highest BCUT2D eigenvalue weighted by molar-refractivity contribution is 5.91. The number of halogens is 2. The van der Waals surface area contributed by atoms with Gasteiger partial charge in [0.05, 0.1) is 44.7 Å². The minimum absolute atomic E-state index is 0.112. The van der Waals surface area contributed by atoms with Gasteiger partial charge in [-0.1, -0.05) is 18.2 Å². The van der Waals surface area contributed by atoms with E-state index >= 15 is 8.78 Å². The Morgan fingerprint density at radius 2 is 1.77 bits per heavy atom. The normalized spacial score (nSPS) is 13.8. The molecule has 10 nitrogen and oxygen atoms in total. The molecule has 0 amide bonds. The van der Waals surface area contributed by atoms with Gasteiger partial charge in [0.1, 0.15) is 28.9 Å². The molecule has 1 N–H and O–H groups in total. The van der Waals surface area contributed by atoms with E-state index in [9.17, 15) is 0 Å². The Kier molecular flexibility index (Phi) is 8.38. The van der Waals surface area contributed by atoms with Gasteiger partial charge in [0.2, 0.25) is 5.88 Å². The summed E-state index contributed by atoms with van der Waals surface area (Å²) >= 11 is 0. The maximum Gasteiger partial charge on any atom is 0.214 e. The number of aromatic nitrogens is 5. The molecule has 1 aliphatic rings. The zero-order valence-electron chi connectivity index (χ0n) is 23.9. The van der Waals surface area contributed by atoms with Gasteiger partial charge >= 0.3 is 0 Å². The van der Waals surface area contributed by atoms with E-state index in [1.807, 2.05) is 36.4 Å². The molecule has 0 aliphatic carbocycles. The van der Waals surface area contributed by atoms with Crippen LogP contribution in [-0.4, -0.2) is 69.7 Å². The quantitative estimate of drug-likeness (QED) is 0.236. The Balaban J connectivity index is 1.41. The van der Waals surface area contributed by atoms with Gasteiger partial charge in [0, 0.05) is 66.7 Å². The van der Waals surface area contributed by atoms with Gasteiger partial charge in [0.15, 0.2) is 5.82 Å². The molecule has 3 aromatic heterocycles. The predicted octanol–water partition coefficient (Wildman–Crippen LogP) is 5.20. The third kappa shape index (κ3) is 6.40. The molecule has 0 atom stereocenters. The molecule has 0 saturated carbocycles. The van der Waals surface area contributed by atoms with E-state index in [0.717, 1.165) is 29.9 Å². The Morgan fingerprint density at radius 1 is 0.977 bits per heavy atom. The molecule has 12 heteroatoms. The SMILES string of the molecule is CCOc1cc(F)c(Cn2nc(-c3nc(CN4CCOCC4)cc(Nc4ccnc(OC)c4)n3)c3ccccc32)c(F)c1. The number of fused-ring (bicyclic) bond motifs is 1. The lowest BCUT2D eigenvalue weighted by atomic mass is 10.1. The number of nitrogens with one attached hydrogen (secondary N) is 1. The van der Waals surface area contributed by atoms with Crippen molar-refractivity contribution in [3.05, 3.63) is 83.7 Å². The Morgan fingerprint density at radius 3 is 2.53 bits per heavy atom. The number of hydrogen-bond donors (Lipinski definition) is 1. The summed E-state index contributed by atoms with van der Waals surface area (Å²) in [5.41, 5.74) is 2.62. The molecule has 4 heterocycles. The first-order valence-corrected chi connectivity index (χ1v) is 14.0. The summed E-state index contributed by atoms with van der Waals surface area (Å²) in [7, 11) is 1.56. The van der Waals surface area contributed by atoms with Gasteiger partial charge in [-0.25, -0.2) is 23.7 Å². The van der Waals surface area contributed by atoms with Gasteiger partial charge in [-0.05, 0) is 19.1 Å². The second kappa shape index (κ2) is 12.7. The topological polar surface area (TPSA) is 99.5 Å². The molecular weight excluding hydrogens is 556 g/mol. The van der Waals surface area contributed by atoms with Gasteiger partial charge in [-0.3, -0.25) is 9.58 Å². The first kappa shape index (κ1) is 28.4. The van der Waals surface area contributed by atoms with E-state index in [1.54, 1.807) is 31.0 Å². The number of nitrogens with zero attached hydrogens (tertiary/aromatic N) is 6. The Labute approximate surface area is 247 Å². The van der Waals surface area contributed by atoms with Crippen molar-refractivity contribution >= 4 is 22.4 Å². The summed E-state index contributed by atoms with van der Waals surface area (Å²) in [4.78, 5) is 16.2. The monoisotopic (exact) mass is 587 g/mol. The van der Waals surface area contributed by atoms with E-state index in [4.69, 9.17) is 29.3 Å². The number of morpholine rings is 1. The van der Waals surface area contributed by atoms with Crippen LogP contribution in [0.1, 0.15) is 18.2 Å². The second-order valence-corrected chi connectivity index (χ2v) is 9.99. The average molecular weight is 588 g/mol. The lowest BCUT2D eigenvalue weighted by Gasteiger charge is -2.26. The highest BCUT2D eigenvalue weighted by atomic mass is 19.1. The third-order valence-electron chi connectivity index (χ3n) is 7.09. The molecule has 2 aromatic carbocycles. The molecule has 0 bridgehead atoms. The number of ether oxygens (including phenoxy) is 3. The van der Waals surface area contributed by atoms with Gasteiger partial charge in [0.25, 0.3) is 0 Å². The average Bonchev–Trinajstić information content (AvgIpc) is 3.38. The molecule has 43 heavy (non-hydrogen) atoms. The Bertz CT molecular complexity index is 1720. The van der Waals surface area contributed by atoms with Crippen LogP contribution in [0.15, 0.2) is 60.8 Å². The third-order valence-corrected chi connectivity index (χ3v) is 7.09. The van der Waals surface area contributed by atoms with E-state index < -0.39 is 11.6 Å². The highest BCUT2D eigenvalue weighted by Crippen LogP contribution is 2.30. The van der Waals surface area contributed by atoms with Gasteiger partial charge < -0.3 is 19.5 Å². The molecule has 5 aromatic rings. The van der Waals surface area contributed by atoms with Crippen molar-refractivity contribution in [3.8, 4) is 23.1 Å². The van der Waals surface area contributed by atoms with E-state index in [-0.39, 0.29) is 17.9 Å². The zero-order chi connectivity index (χ0) is 29.8. The van der Waals surface area contributed by atoms with E-state index in [1.165, 1.54) is 12.1 Å². The largest absolute Gasteiger partial charge is 0.494 e. The fourth-order valence-corrected chi connectivity index (χ4v) is 5.03. The number of methoxy groups -OCH3 is 1. The summed E-state index contributed by atoms with van der Waals surface area (Å²) in [5.74, 6) is 0.150. The minimum atomic E-state index is -0.701. The number of benzene rings is 2. The molecule has 222 valence electrons. The van der Waals surface area contributed by atoms with Crippen LogP contribution in [0.5, 0.6) is 11.6 Å². The second-order valence-electron chi connectivity index (χ2n) is 9.99. The highest BCUT2D eigenvalue weighted by Gasteiger charge is 2.21. The maximum absolute atomic E-state index is 15.0. The number of anilines is 2. The number of hydrogen-bond acceptors (Lipinski definition) is 9. The summed E-state index contributed by atoms with van der Waals surface area (Å²) in [6, 6.07) is 15.4. The van der Waals surface area contributed by atoms with Gasteiger partial charge in [-0.2, -0.15) is 5.10 Å². The molecule has 0 spiro atoms. The van der Waals surface area contributed by atoms with Crippen LogP contribution < -0.4 is 14.8 Å². The van der Waals surface area contributed by atoms with Crippen LogP contribution in [0.25, 0.3) is 22.4 Å². The number of para-hydroxylation sites is 1. The fraction of sp³-hybridized carbons (Fsp3) is 0.290. The lowest BCUT2D eigenvalue weighted by Crippen LogP contribution is -2.35. The summed E-state index contributed by atoms with van der Waals surface area (Å²) in [5, 5.41) is 8.89. The van der Waals surface area contributed by atoms with E-state index in [2.05, 4.69) is 15.2 Å². The fourth-order valence-electron chi connectivity index (χ4n) is 5.03. The first-order valence-electron chi connectivity index (χ1n) is 14.0. The van der Waals surface area contributed by atoms with Crippen molar-refractivity contribution in [2.24, 2.45) is 0 Å². The van der Waals surface area contributed by atoms with Crippen molar-refractivity contribution in [3.63, 3.8) is 0 Å². The Hall–Kier alpha value is -4.68. The van der Waals surface area contributed by atoms with Crippen LogP contribution in [0.2, 0.25) is 0 Å². The number of rotatable bonds is 10. The standard InChI is InChI=1S/C31H31F2N7O3/c1-3-43-22-16-25(32)24(26(33)17-22)19-40-27-7-5-4-6-23(27)30(38-40)31-36-21(18-39-10-12-42-13-11-39)14-28(37-31)35-20-8-9-34-29(15-20)41-2/h4-9,14-17H,3,10-13,18-19H2,1-2H3,(H,34,35,36,37). The van der Waals surface area contributed by atoms with Crippen LogP contribution in [0.3, 0.4) is 0 Å². The molecule has 1 fully saturated rings. The predicted molar refractivity (Wildman–Crippen MR) is 158 cm³/mol.